The second-order valence-corrected chi connectivity index (χ2v) is 16.1. The molecule has 0 bridgehead atoms. The highest BCUT2D eigenvalue weighted by molar-refractivity contribution is 7.54. The molecule has 2 aromatic carbocycles. The van der Waals surface area contributed by atoms with Crippen LogP contribution in [0.4, 0.5) is 5.95 Å². The highest BCUT2D eigenvalue weighted by atomic mass is 31.2. The second kappa shape index (κ2) is 17.5. The Labute approximate surface area is 319 Å². The fraction of sp³-hybridized carbons (Fsp3) is 0.486. The number of hydrogen-bond acceptors (Lipinski definition) is 14. The van der Waals surface area contributed by atoms with Gasteiger partial charge in [0, 0.05) is 0 Å². The van der Waals surface area contributed by atoms with E-state index in [1.54, 1.807) is 58.9 Å². The monoisotopic (exact) mass is 783 g/mol. The van der Waals surface area contributed by atoms with Crippen LogP contribution in [0, 0.1) is 18.8 Å². The normalized spacial score (nSPS) is 22.1. The molecular formula is C37H50N7O10P. The summed E-state index contributed by atoms with van der Waals surface area (Å²) in [5.41, 5.74) is 5.89. The predicted molar refractivity (Wildman–Crippen MR) is 201 cm³/mol. The van der Waals surface area contributed by atoms with Crippen molar-refractivity contribution in [3.63, 3.8) is 0 Å². The van der Waals surface area contributed by atoms with E-state index in [2.05, 4.69) is 25.1 Å². The number of nitrogen functional groups attached to an aromatic ring is 1. The minimum atomic E-state index is -4.45. The molecule has 17 nitrogen and oxygen atoms in total. The summed E-state index contributed by atoms with van der Waals surface area (Å²) in [6.07, 6.45) is -4.18. The number of benzene rings is 2. The maximum atomic E-state index is 15.0. The van der Waals surface area contributed by atoms with Crippen LogP contribution in [0.2, 0.25) is 0 Å². The zero-order chi connectivity index (χ0) is 40.1. The van der Waals surface area contributed by atoms with Gasteiger partial charge in [0.1, 0.15) is 48.9 Å². The highest BCUT2D eigenvalue weighted by Crippen LogP contribution is 2.45. The number of anilines is 1. The van der Waals surface area contributed by atoms with Crippen LogP contribution in [0.15, 0.2) is 60.7 Å². The highest BCUT2D eigenvalue weighted by Gasteiger charge is 2.55. The molecule has 1 aliphatic heterocycles. The first-order chi connectivity index (χ1) is 26.0. The number of fused-ring (bicyclic) bond motifs is 1. The summed E-state index contributed by atoms with van der Waals surface area (Å²) in [5.74, 6) is -2.04. The van der Waals surface area contributed by atoms with E-state index in [9.17, 15) is 24.4 Å². The zero-order valence-corrected chi connectivity index (χ0v) is 32.8. The van der Waals surface area contributed by atoms with Gasteiger partial charge in [0.2, 0.25) is 11.8 Å². The van der Waals surface area contributed by atoms with Gasteiger partial charge in [0.15, 0.2) is 17.4 Å². The van der Waals surface area contributed by atoms with Crippen LogP contribution < -0.4 is 20.6 Å². The molecule has 0 radical (unpaired) electrons. The Morgan fingerprint density at radius 2 is 1.44 bits per heavy atom. The number of hydrogen-bond donors (Lipinski definition) is 5. The molecule has 0 aliphatic carbocycles. The number of methoxy groups -OCH3 is 1. The smallest absolute Gasteiger partial charge is 0.342 e. The molecule has 18 heteroatoms. The maximum Gasteiger partial charge on any atom is 0.342 e. The predicted octanol–water partition coefficient (Wildman–Crippen LogP) is 3.57. The number of aryl methyl sites for hydroxylation is 1. The number of aromatic nitrogens is 4. The maximum absolute atomic E-state index is 15.0. The molecular weight excluding hydrogens is 733 g/mol. The lowest BCUT2D eigenvalue weighted by Gasteiger charge is -2.31. The molecule has 0 saturated carbocycles. The summed E-state index contributed by atoms with van der Waals surface area (Å²) in [4.78, 5) is 39.8. The minimum Gasteiger partial charge on any atom is -0.479 e. The van der Waals surface area contributed by atoms with Crippen molar-refractivity contribution in [3.05, 3.63) is 77.6 Å². The van der Waals surface area contributed by atoms with Crippen molar-refractivity contribution in [2.75, 3.05) is 19.5 Å². The molecule has 298 valence electrons. The standard InChI is InChI=1S/C37H50N7O10P/c1-21(2)27(33(46)51-18-24-14-10-8-11-15-24)42-55(49,43-28(22(3)4)34(47)52-19-25-16-12-9-13-17-25)53-20-26-30(45)37(6,48)35(54-26)44-23(5)39-29-31(44)40-36(38)41-32(29)50-7/h8-17,21-22,26-28,30,35,45,48H,18-20H2,1-7H3,(H2,38,40,41)(H2,42,43,49). The largest absolute Gasteiger partial charge is 0.479 e. The van der Waals surface area contributed by atoms with Gasteiger partial charge in [-0.05, 0) is 36.8 Å². The van der Waals surface area contributed by atoms with Gasteiger partial charge in [-0.2, -0.15) is 9.97 Å². The number of nitrogens with two attached hydrogens (primary N) is 1. The van der Waals surface area contributed by atoms with Crippen molar-refractivity contribution < 1.29 is 47.8 Å². The summed E-state index contributed by atoms with van der Waals surface area (Å²) in [5, 5.41) is 28.7. The molecule has 4 aromatic rings. The van der Waals surface area contributed by atoms with Crippen molar-refractivity contribution in [2.45, 2.75) is 90.9 Å². The number of nitrogens with one attached hydrogen (secondary N) is 2. The van der Waals surface area contributed by atoms with Gasteiger partial charge < -0.3 is 39.4 Å². The number of esters is 2. The topological polar surface area (TPSA) is 231 Å². The average Bonchev–Trinajstić information content (AvgIpc) is 3.59. The van der Waals surface area contributed by atoms with Crippen LogP contribution >= 0.6 is 7.67 Å². The first-order valence-electron chi connectivity index (χ1n) is 17.9. The molecule has 6 unspecified atom stereocenters. The molecule has 0 amide bonds. The van der Waals surface area contributed by atoms with Gasteiger partial charge in [-0.25, -0.2) is 15.2 Å². The Morgan fingerprint density at radius 3 is 1.91 bits per heavy atom. The summed E-state index contributed by atoms with van der Waals surface area (Å²) >= 11 is 0. The molecule has 3 heterocycles. The Bertz CT molecular complexity index is 1910. The Balaban J connectivity index is 1.41. The molecule has 2 aromatic heterocycles. The SMILES string of the molecule is COc1nc(N)nc2c1nc(C)n2C1OC(COP(=O)(NC(C(=O)OCc2ccccc2)C(C)C)NC(C(=O)OCc2ccccc2)C(C)C)C(O)C1(C)O. The number of carbonyl (C=O) groups excluding carboxylic acids is 2. The molecule has 1 fully saturated rings. The zero-order valence-electron chi connectivity index (χ0n) is 31.9. The van der Waals surface area contributed by atoms with E-state index in [0.717, 1.165) is 11.1 Å². The van der Waals surface area contributed by atoms with Crippen molar-refractivity contribution in [2.24, 2.45) is 11.8 Å². The molecule has 6 N–H and O–H groups in total. The molecule has 6 atom stereocenters. The van der Waals surface area contributed by atoms with Gasteiger partial charge in [0.25, 0.3) is 0 Å². The summed E-state index contributed by atoms with van der Waals surface area (Å²) in [6.45, 7) is 9.28. The van der Waals surface area contributed by atoms with Crippen LogP contribution in [0.1, 0.15) is 57.8 Å². The lowest BCUT2D eigenvalue weighted by molar-refractivity contribution is -0.148. The van der Waals surface area contributed by atoms with Crippen molar-refractivity contribution in [1.29, 1.82) is 0 Å². The molecule has 55 heavy (non-hydrogen) atoms. The van der Waals surface area contributed by atoms with E-state index in [4.69, 9.17) is 29.2 Å². The summed E-state index contributed by atoms with van der Waals surface area (Å²) in [7, 11) is -3.05. The van der Waals surface area contributed by atoms with Crippen LogP contribution in [0.3, 0.4) is 0 Å². The number of imidazole rings is 1. The van der Waals surface area contributed by atoms with Gasteiger partial charge in [-0.3, -0.25) is 18.7 Å². The van der Waals surface area contributed by atoms with Crippen LogP contribution in [-0.4, -0.2) is 85.3 Å². The quantitative estimate of drug-likeness (QED) is 0.0761. The van der Waals surface area contributed by atoms with Crippen molar-refractivity contribution >= 4 is 36.7 Å². The molecule has 0 spiro atoms. The molecule has 5 rings (SSSR count). The second-order valence-electron chi connectivity index (χ2n) is 14.2. The summed E-state index contributed by atoms with van der Waals surface area (Å²) in [6, 6.07) is 15.8. The molecule has 1 saturated heterocycles. The van der Waals surface area contributed by atoms with Gasteiger partial charge in [0.05, 0.1) is 13.7 Å². The number of rotatable bonds is 17. The first-order valence-corrected chi connectivity index (χ1v) is 19.5. The van der Waals surface area contributed by atoms with E-state index in [1.165, 1.54) is 18.6 Å². The lowest BCUT2D eigenvalue weighted by Crippen LogP contribution is -2.49. The number of aliphatic hydroxyl groups is 2. The third-order valence-corrected chi connectivity index (χ3v) is 11.0. The number of ether oxygens (including phenoxy) is 4. The number of nitrogens with zero attached hydrogens (tertiary/aromatic N) is 4. The van der Waals surface area contributed by atoms with Crippen LogP contribution in [0.5, 0.6) is 5.88 Å². The molecule has 1 aliphatic rings. The van der Waals surface area contributed by atoms with E-state index < -0.39 is 74.2 Å². The fourth-order valence-corrected chi connectivity index (χ4v) is 8.21. The third kappa shape index (κ3) is 9.67. The van der Waals surface area contributed by atoms with Gasteiger partial charge >= 0.3 is 19.6 Å². The van der Waals surface area contributed by atoms with E-state index in [1.807, 2.05) is 36.4 Å². The third-order valence-electron chi connectivity index (χ3n) is 9.21. The Morgan fingerprint density at radius 1 is 0.927 bits per heavy atom. The Kier molecular flexibility index (Phi) is 13.3. The Hall–Kier alpha value is -4.48. The fourth-order valence-electron chi connectivity index (χ4n) is 6.09. The van der Waals surface area contributed by atoms with Gasteiger partial charge in [-0.1, -0.05) is 88.4 Å². The van der Waals surface area contributed by atoms with E-state index in [0.29, 0.717) is 5.82 Å². The van der Waals surface area contributed by atoms with Crippen molar-refractivity contribution in [3.8, 4) is 5.88 Å². The summed E-state index contributed by atoms with van der Waals surface area (Å²) < 4.78 is 45.2. The van der Waals surface area contributed by atoms with Gasteiger partial charge in [-0.15, -0.1) is 0 Å². The number of aliphatic hydroxyl groups excluding tert-OH is 1. The van der Waals surface area contributed by atoms with Crippen LogP contribution in [-0.2, 0) is 46.1 Å². The van der Waals surface area contributed by atoms with E-state index in [-0.39, 0.29) is 36.2 Å². The van der Waals surface area contributed by atoms with Crippen molar-refractivity contribution in [1.82, 2.24) is 29.7 Å². The lowest BCUT2D eigenvalue weighted by atomic mass is 9.96. The minimum absolute atomic E-state index is 0.0348. The van der Waals surface area contributed by atoms with Crippen LogP contribution in [0.25, 0.3) is 11.2 Å². The first kappa shape index (κ1) is 41.7. The van der Waals surface area contributed by atoms with E-state index >= 15 is 0 Å². The number of carbonyl (C=O) groups is 2. The average molecular weight is 784 g/mol.